The second-order valence-electron chi connectivity index (χ2n) is 15.9. The lowest BCUT2D eigenvalue weighted by Gasteiger charge is -2.23. The Morgan fingerprint density at radius 1 is 0.182 bits per heavy atom. The maximum Gasteiger partial charge on any atom is 0.200 e. The zero-order valence-electron chi connectivity index (χ0n) is 33.8. The number of hydrogen-bond acceptors (Lipinski definition) is 0. The van der Waals surface area contributed by atoms with Crippen molar-refractivity contribution in [3.8, 4) is 55.6 Å². The summed E-state index contributed by atoms with van der Waals surface area (Å²) >= 11 is 0. The molecule has 0 spiro atoms. The SMILES string of the molecule is Fc1c(F)c(F)c(-c2c3cc(-c4ccccc4)ccc3c(-c3c(F)c(F)c(F)c(F)c3F)c3cc4c(cc23)c(-c2ccccc2)c(-c2ccc3ccccc3c2)c2ccccc24)c(F)c1F. The van der Waals surface area contributed by atoms with Crippen LogP contribution in [0.3, 0.4) is 0 Å². The summed E-state index contributed by atoms with van der Waals surface area (Å²) in [6.07, 6.45) is 0. The Balaban J connectivity index is 1.44. The lowest BCUT2D eigenvalue weighted by molar-refractivity contribution is 0.381. The van der Waals surface area contributed by atoms with Gasteiger partial charge >= 0.3 is 0 Å². The molecule has 0 nitrogen and oxygen atoms in total. The minimum atomic E-state index is -2.42. The van der Waals surface area contributed by atoms with Gasteiger partial charge in [-0.15, -0.1) is 0 Å². The molecule has 10 heteroatoms. The first-order chi connectivity index (χ1) is 31.9. The fourth-order valence-electron chi connectivity index (χ4n) is 9.45. The molecule has 0 unspecified atom stereocenters. The lowest BCUT2D eigenvalue weighted by Crippen LogP contribution is -2.07. The van der Waals surface area contributed by atoms with Gasteiger partial charge in [0.1, 0.15) is 0 Å². The quantitative estimate of drug-likeness (QED) is 0.0531. The van der Waals surface area contributed by atoms with E-state index in [1.54, 1.807) is 60.7 Å². The van der Waals surface area contributed by atoms with E-state index in [4.69, 9.17) is 0 Å². The molecule has 0 amide bonds. The highest BCUT2D eigenvalue weighted by Gasteiger charge is 2.34. The van der Waals surface area contributed by atoms with Crippen molar-refractivity contribution in [2.45, 2.75) is 0 Å². The Morgan fingerprint density at radius 2 is 0.576 bits per heavy atom. The Kier molecular flexibility index (Phi) is 9.47. The zero-order valence-corrected chi connectivity index (χ0v) is 33.8. The third-order valence-corrected chi connectivity index (χ3v) is 12.4. The lowest BCUT2D eigenvalue weighted by atomic mass is 9.80. The van der Waals surface area contributed by atoms with Crippen molar-refractivity contribution >= 4 is 53.9 Å². The van der Waals surface area contributed by atoms with E-state index < -0.39 is 80.4 Å². The topological polar surface area (TPSA) is 0 Å². The molecule has 0 aromatic heterocycles. The fourth-order valence-corrected chi connectivity index (χ4v) is 9.45. The van der Waals surface area contributed by atoms with Crippen molar-refractivity contribution in [1.29, 1.82) is 0 Å². The molecular formula is C56H26F10. The van der Waals surface area contributed by atoms with E-state index in [0.717, 1.165) is 16.3 Å². The molecule has 0 fully saturated rings. The van der Waals surface area contributed by atoms with Crippen LogP contribution in [0.5, 0.6) is 0 Å². The molecule has 0 saturated carbocycles. The molecule has 0 aliphatic heterocycles. The molecule has 11 aromatic carbocycles. The van der Waals surface area contributed by atoms with Gasteiger partial charge in [0.15, 0.2) is 46.5 Å². The van der Waals surface area contributed by atoms with E-state index in [1.165, 1.54) is 30.3 Å². The maximum absolute atomic E-state index is 16.6. The highest BCUT2D eigenvalue weighted by atomic mass is 19.2. The molecule has 0 saturated heterocycles. The van der Waals surface area contributed by atoms with Crippen LogP contribution in [-0.2, 0) is 0 Å². The van der Waals surface area contributed by atoms with Gasteiger partial charge in [-0.2, -0.15) is 0 Å². The Hall–Kier alpha value is -7.98. The van der Waals surface area contributed by atoms with E-state index in [0.29, 0.717) is 49.4 Å². The monoisotopic (exact) mass is 888 g/mol. The van der Waals surface area contributed by atoms with Crippen molar-refractivity contribution in [1.82, 2.24) is 0 Å². The number of fused-ring (bicyclic) bond motifs is 6. The van der Waals surface area contributed by atoms with Gasteiger partial charge in [0.2, 0.25) is 11.6 Å². The van der Waals surface area contributed by atoms with Crippen molar-refractivity contribution in [3.63, 3.8) is 0 Å². The molecule has 11 aromatic rings. The third-order valence-electron chi connectivity index (χ3n) is 12.4. The fraction of sp³-hybridized carbons (Fsp3) is 0. The summed E-state index contributed by atoms with van der Waals surface area (Å²) < 4.78 is 157. The minimum Gasteiger partial charge on any atom is -0.203 e. The summed E-state index contributed by atoms with van der Waals surface area (Å²) in [5.74, 6) is -22.7. The van der Waals surface area contributed by atoms with Gasteiger partial charge in [0.05, 0.1) is 11.1 Å². The van der Waals surface area contributed by atoms with Gasteiger partial charge < -0.3 is 0 Å². The summed E-state index contributed by atoms with van der Waals surface area (Å²) in [6, 6.07) is 45.1. The van der Waals surface area contributed by atoms with E-state index in [2.05, 4.69) is 0 Å². The smallest absolute Gasteiger partial charge is 0.200 e. The predicted octanol–water partition coefficient (Wildman–Crippen LogP) is 17.2. The van der Waals surface area contributed by atoms with Crippen LogP contribution in [0.25, 0.3) is 109 Å². The summed E-state index contributed by atoms with van der Waals surface area (Å²) in [5, 5.41) is 2.56. The second-order valence-corrected chi connectivity index (χ2v) is 15.9. The largest absolute Gasteiger partial charge is 0.203 e. The molecule has 320 valence electrons. The molecule has 0 aliphatic rings. The standard InChI is InChI=1S/C56H26F10/c57-47-45(48(58)52(62)55(65)51(47)61)43-35-22-21-31(27-11-3-1-4-12-27)24-37(35)44(46-49(59)53(63)56(66)54(64)50(46)60)40-26-38-36(25-39(40)43)33-17-9-10-18-34(33)42(41(38)29-14-5-2-6-15-29)32-20-19-28-13-7-8-16-30(28)23-32/h1-26H. The highest BCUT2D eigenvalue weighted by molar-refractivity contribution is 6.29. The van der Waals surface area contributed by atoms with E-state index in [9.17, 15) is 8.78 Å². The zero-order chi connectivity index (χ0) is 45.7. The molecule has 0 radical (unpaired) electrons. The van der Waals surface area contributed by atoms with Crippen LogP contribution in [0, 0.1) is 58.2 Å². The van der Waals surface area contributed by atoms with Crippen LogP contribution in [-0.4, -0.2) is 0 Å². The van der Waals surface area contributed by atoms with Gasteiger partial charge in [-0.05, 0) is 112 Å². The molecule has 0 N–H and O–H groups in total. The molecule has 0 heterocycles. The first-order valence-corrected chi connectivity index (χ1v) is 20.5. The van der Waals surface area contributed by atoms with Gasteiger partial charge in [0.25, 0.3) is 0 Å². The molecule has 0 bridgehead atoms. The van der Waals surface area contributed by atoms with Crippen molar-refractivity contribution < 1.29 is 43.9 Å². The molecule has 11 rings (SSSR count). The van der Waals surface area contributed by atoms with Crippen LogP contribution in [0.1, 0.15) is 0 Å². The Labute approximate surface area is 368 Å². The van der Waals surface area contributed by atoms with Gasteiger partial charge in [-0.1, -0.05) is 133 Å². The van der Waals surface area contributed by atoms with Gasteiger partial charge in [-0.25, -0.2) is 43.9 Å². The first-order valence-electron chi connectivity index (χ1n) is 20.5. The van der Waals surface area contributed by atoms with E-state index in [-0.39, 0.29) is 21.5 Å². The molecular weight excluding hydrogens is 863 g/mol. The normalized spacial score (nSPS) is 11.8. The van der Waals surface area contributed by atoms with Crippen LogP contribution in [0.15, 0.2) is 158 Å². The van der Waals surface area contributed by atoms with Crippen LogP contribution >= 0.6 is 0 Å². The van der Waals surface area contributed by atoms with E-state index in [1.807, 2.05) is 66.7 Å². The van der Waals surface area contributed by atoms with Crippen molar-refractivity contribution in [2.24, 2.45) is 0 Å². The number of rotatable bonds is 5. The summed E-state index contributed by atoms with van der Waals surface area (Å²) in [6.45, 7) is 0. The van der Waals surface area contributed by atoms with Crippen LogP contribution < -0.4 is 0 Å². The summed E-state index contributed by atoms with van der Waals surface area (Å²) in [5.41, 5.74) is -0.419. The number of benzene rings is 11. The average molecular weight is 889 g/mol. The number of halogens is 10. The highest BCUT2D eigenvalue weighted by Crippen LogP contribution is 2.52. The minimum absolute atomic E-state index is 0.313. The average Bonchev–Trinajstić information content (AvgIpc) is 3.36. The van der Waals surface area contributed by atoms with Crippen molar-refractivity contribution in [2.75, 3.05) is 0 Å². The van der Waals surface area contributed by atoms with Gasteiger partial charge in [-0.3, -0.25) is 0 Å². The molecule has 0 atom stereocenters. The Bertz CT molecular complexity index is 3810. The van der Waals surface area contributed by atoms with Crippen molar-refractivity contribution in [3.05, 3.63) is 216 Å². The van der Waals surface area contributed by atoms with Crippen LogP contribution in [0.2, 0.25) is 0 Å². The second kappa shape index (κ2) is 15.3. The van der Waals surface area contributed by atoms with E-state index >= 15 is 35.1 Å². The predicted molar refractivity (Wildman–Crippen MR) is 241 cm³/mol. The maximum atomic E-state index is 16.6. The Morgan fingerprint density at radius 3 is 1.17 bits per heavy atom. The summed E-state index contributed by atoms with van der Waals surface area (Å²) in [7, 11) is 0. The van der Waals surface area contributed by atoms with Crippen LogP contribution in [0.4, 0.5) is 43.9 Å². The molecule has 0 aliphatic carbocycles. The third kappa shape index (κ3) is 6.01. The summed E-state index contributed by atoms with van der Waals surface area (Å²) in [4.78, 5) is 0. The molecule has 66 heavy (non-hydrogen) atoms. The van der Waals surface area contributed by atoms with Gasteiger partial charge in [0, 0.05) is 11.1 Å². The first kappa shape index (κ1) is 40.8. The number of hydrogen-bond donors (Lipinski definition) is 0.